The standard InChI is InChI=1S/C16H20N2O3/c1-3-7-18-16(19)12(2)17-8-6-13-4-5-14-15(11-13)21-10-9-20-14/h1,4-5,11-12,17H,6-10H2,2H3,(H,18,19). The molecule has 1 aliphatic heterocycles. The molecule has 1 unspecified atom stereocenters. The summed E-state index contributed by atoms with van der Waals surface area (Å²) >= 11 is 0. The van der Waals surface area contributed by atoms with Crippen LogP contribution in [0.4, 0.5) is 0 Å². The molecular formula is C16H20N2O3. The lowest BCUT2D eigenvalue weighted by atomic mass is 10.1. The maximum absolute atomic E-state index is 11.6. The summed E-state index contributed by atoms with van der Waals surface area (Å²) in [7, 11) is 0. The predicted octanol–water partition coefficient (Wildman–Crippen LogP) is 0.728. The number of rotatable bonds is 6. The van der Waals surface area contributed by atoms with Crippen LogP contribution in [0.15, 0.2) is 18.2 Å². The van der Waals surface area contributed by atoms with Crippen molar-refractivity contribution in [1.82, 2.24) is 10.6 Å². The van der Waals surface area contributed by atoms with Crippen molar-refractivity contribution in [2.75, 3.05) is 26.3 Å². The molecule has 1 aromatic carbocycles. The lowest BCUT2D eigenvalue weighted by Gasteiger charge is -2.19. The maximum Gasteiger partial charge on any atom is 0.237 e. The van der Waals surface area contributed by atoms with Crippen LogP contribution in [0.3, 0.4) is 0 Å². The van der Waals surface area contributed by atoms with Gasteiger partial charge in [-0.3, -0.25) is 4.79 Å². The van der Waals surface area contributed by atoms with Gasteiger partial charge in [-0.2, -0.15) is 0 Å². The fourth-order valence-corrected chi connectivity index (χ4v) is 2.06. The quantitative estimate of drug-likeness (QED) is 0.758. The smallest absolute Gasteiger partial charge is 0.237 e. The number of hydrogen-bond acceptors (Lipinski definition) is 4. The molecule has 0 fully saturated rings. The number of nitrogens with one attached hydrogen (secondary N) is 2. The summed E-state index contributed by atoms with van der Waals surface area (Å²) in [4.78, 5) is 11.6. The second kappa shape index (κ2) is 7.55. The van der Waals surface area contributed by atoms with Gasteiger partial charge in [0.25, 0.3) is 0 Å². The third-order valence-corrected chi connectivity index (χ3v) is 3.23. The molecule has 0 saturated heterocycles. The number of ether oxygens (including phenoxy) is 2. The second-order valence-corrected chi connectivity index (χ2v) is 4.83. The minimum Gasteiger partial charge on any atom is -0.486 e. The minimum absolute atomic E-state index is 0.0878. The van der Waals surface area contributed by atoms with Crippen LogP contribution in [0.5, 0.6) is 11.5 Å². The Morgan fingerprint density at radius 2 is 2.14 bits per heavy atom. The van der Waals surface area contributed by atoms with Crippen molar-refractivity contribution < 1.29 is 14.3 Å². The monoisotopic (exact) mass is 288 g/mol. The topological polar surface area (TPSA) is 59.6 Å². The van der Waals surface area contributed by atoms with Gasteiger partial charge in [0.15, 0.2) is 11.5 Å². The third kappa shape index (κ3) is 4.40. The first kappa shape index (κ1) is 15.2. The molecule has 0 bridgehead atoms. The molecule has 1 heterocycles. The van der Waals surface area contributed by atoms with E-state index in [1.165, 1.54) is 0 Å². The number of amides is 1. The molecule has 21 heavy (non-hydrogen) atoms. The Labute approximate surface area is 125 Å². The van der Waals surface area contributed by atoms with E-state index in [1.807, 2.05) is 25.1 Å². The van der Waals surface area contributed by atoms with E-state index in [4.69, 9.17) is 15.9 Å². The van der Waals surface area contributed by atoms with Crippen LogP contribution in [0, 0.1) is 12.3 Å². The SMILES string of the molecule is C#CCNC(=O)C(C)NCCc1ccc2c(c1)OCCO2. The molecule has 1 amide bonds. The zero-order valence-corrected chi connectivity index (χ0v) is 12.1. The van der Waals surface area contributed by atoms with E-state index >= 15 is 0 Å². The van der Waals surface area contributed by atoms with Gasteiger partial charge in [0, 0.05) is 0 Å². The van der Waals surface area contributed by atoms with Crippen molar-refractivity contribution in [2.24, 2.45) is 0 Å². The largest absolute Gasteiger partial charge is 0.486 e. The van der Waals surface area contributed by atoms with E-state index in [1.54, 1.807) is 0 Å². The minimum atomic E-state index is -0.268. The predicted molar refractivity (Wildman–Crippen MR) is 80.4 cm³/mol. The van der Waals surface area contributed by atoms with E-state index in [2.05, 4.69) is 16.6 Å². The van der Waals surface area contributed by atoms with E-state index in [-0.39, 0.29) is 18.5 Å². The summed E-state index contributed by atoms with van der Waals surface area (Å²) in [6.45, 7) is 3.95. The highest BCUT2D eigenvalue weighted by Crippen LogP contribution is 2.30. The molecule has 0 spiro atoms. The molecule has 5 nitrogen and oxygen atoms in total. The van der Waals surface area contributed by atoms with Crippen LogP contribution in [-0.4, -0.2) is 38.3 Å². The molecule has 1 aromatic rings. The van der Waals surface area contributed by atoms with E-state index in [0.717, 1.165) is 23.5 Å². The highest BCUT2D eigenvalue weighted by Gasteiger charge is 2.13. The summed E-state index contributed by atoms with van der Waals surface area (Å²) in [5, 5.41) is 5.81. The molecular weight excluding hydrogens is 268 g/mol. The van der Waals surface area contributed by atoms with Crippen molar-refractivity contribution in [2.45, 2.75) is 19.4 Å². The van der Waals surface area contributed by atoms with E-state index in [9.17, 15) is 4.79 Å². The van der Waals surface area contributed by atoms with Crippen LogP contribution in [0.2, 0.25) is 0 Å². The van der Waals surface area contributed by atoms with Gasteiger partial charge in [0.1, 0.15) is 13.2 Å². The third-order valence-electron chi connectivity index (χ3n) is 3.23. The lowest BCUT2D eigenvalue weighted by Crippen LogP contribution is -2.42. The Hall–Kier alpha value is -2.19. The van der Waals surface area contributed by atoms with Gasteiger partial charge in [0.2, 0.25) is 5.91 Å². The number of fused-ring (bicyclic) bond motifs is 1. The number of terminal acetylenes is 1. The second-order valence-electron chi connectivity index (χ2n) is 4.83. The fourth-order valence-electron chi connectivity index (χ4n) is 2.06. The molecule has 0 saturated carbocycles. The van der Waals surface area contributed by atoms with Crippen LogP contribution in [0.1, 0.15) is 12.5 Å². The first-order valence-corrected chi connectivity index (χ1v) is 7.04. The van der Waals surface area contributed by atoms with Crippen molar-refractivity contribution >= 4 is 5.91 Å². The Bertz CT molecular complexity index is 537. The van der Waals surface area contributed by atoms with Gasteiger partial charge in [-0.05, 0) is 37.6 Å². The lowest BCUT2D eigenvalue weighted by molar-refractivity contribution is -0.122. The summed E-state index contributed by atoms with van der Waals surface area (Å²) in [6, 6.07) is 5.65. The molecule has 0 aliphatic carbocycles. The highest BCUT2D eigenvalue weighted by molar-refractivity contribution is 5.81. The number of hydrogen-bond donors (Lipinski definition) is 2. The summed E-state index contributed by atoms with van der Waals surface area (Å²) in [5.74, 6) is 3.87. The number of benzene rings is 1. The van der Waals surface area contributed by atoms with Gasteiger partial charge in [-0.25, -0.2) is 0 Å². The van der Waals surface area contributed by atoms with E-state index in [0.29, 0.717) is 19.8 Å². The average molecular weight is 288 g/mol. The molecule has 112 valence electrons. The normalized spacial score (nSPS) is 14.1. The Morgan fingerprint density at radius 3 is 2.90 bits per heavy atom. The van der Waals surface area contributed by atoms with Crippen molar-refractivity contribution in [3.63, 3.8) is 0 Å². The molecule has 0 aromatic heterocycles. The molecule has 0 radical (unpaired) electrons. The molecule has 2 N–H and O–H groups in total. The zero-order chi connectivity index (χ0) is 15.1. The Balaban J connectivity index is 1.78. The first-order chi connectivity index (χ1) is 10.2. The average Bonchev–Trinajstić information content (AvgIpc) is 2.52. The van der Waals surface area contributed by atoms with Gasteiger partial charge >= 0.3 is 0 Å². The van der Waals surface area contributed by atoms with E-state index < -0.39 is 0 Å². The number of carbonyl (C=O) groups is 1. The van der Waals surface area contributed by atoms with Gasteiger partial charge < -0.3 is 20.1 Å². The van der Waals surface area contributed by atoms with Gasteiger partial charge in [0.05, 0.1) is 12.6 Å². The fraction of sp³-hybridized carbons (Fsp3) is 0.438. The zero-order valence-electron chi connectivity index (χ0n) is 12.1. The molecule has 5 heteroatoms. The summed E-state index contributed by atoms with van der Waals surface area (Å²) in [6.07, 6.45) is 5.91. The number of carbonyl (C=O) groups excluding carboxylic acids is 1. The van der Waals surface area contributed by atoms with Crippen molar-refractivity contribution in [1.29, 1.82) is 0 Å². The molecule has 2 rings (SSSR count). The molecule has 1 aliphatic rings. The summed E-state index contributed by atoms with van der Waals surface area (Å²) < 4.78 is 11.0. The van der Waals surface area contributed by atoms with Crippen LogP contribution >= 0.6 is 0 Å². The first-order valence-electron chi connectivity index (χ1n) is 7.04. The summed E-state index contributed by atoms with van der Waals surface area (Å²) in [5.41, 5.74) is 1.14. The van der Waals surface area contributed by atoms with Crippen molar-refractivity contribution in [3.8, 4) is 23.8 Å². The maximum atomic E-state index is 11.6. The van der Waals surface area contributed by atoms with Gasteiger partial charge in [-0.15, -0.1) is 6.42 Å². The molecule has 1 atom stereocenters. The van der Waals surface area contributed by atoms with Crippen molar-refractivity contribution in [3.05, 3.63) is 23.8 Å². The Kier molecular flexibility index (Phi) is 5.47. The highest BCUT2D eigenvalue weighted by atomic mass is 16.6. The van der Waals surface area contributed by atoms with Gasteiger partial charge in [-0.1, -0.05) is 12.0 Å². The van der Waals surface area contributed by atoms with Crippen LogP contribution < -0.4 is 20.1 Å². The Morgan fingerprint density at radius 1 is 1.38 bits per heavy atom. The van der Waals surface area contributed by atoms with Crippen LogP contribution in [0.25, 0.3) is 0 Å². The van der Waals surface area contributed by atoms with Crippen LogP contribution in [-0.2, 0) is 11.2 Å².